The van der Waals surface area contributed by atoms with E-state index < -0.39 is 5.60 Å². The number of nitroso groups, excluding NO2 is 1. The maximum atomic E-state index is 12.4. The minimum atomic E-state index is -0.477. The Hall–Kier alpha value is -2.18. The van der Waals surface area contributed by atoms with Gasteiger partial charge in [0.1, 0.15) is 5.60 Å². The summed E-state index contributed by atoms with van der Waals surface area (Å²) in [5.74, 6) is 0.184. The lowest BCUT2D eigenvalue weighted by molar-refractivity contribution is 0.0123. The molecule has 3 heterocycles. The van der Waals surface area contributed by atoms with Gasteiger partial charge in [-0.2, -0.15) is 0 Å². The monoisotopic (exact) mass is 318 g/mol. The number of hydrogen-bond acceptors (Lipinski definition) is 6. The molecule has 1 amide bonds. The smallest absolute Gasteiger partial charge is 0.410 e. The molecule has 2 aliphatic rings. The number of nitrogens with zero attached hydrogens (tertiary/aromatic N) is 4. The Labute approximate surface area is 135 Å². The zero-order valence-electron chi connectivity index (χ0n) is 13.7. The lowest BCUT2D eigenvalue weighted by Crippen LogP contribution is -2.56. The first-order chi connectivity index (χ1) is 10.9. The zero-order valence-corrected chi connectivity index (χ0v) is 13.7. The molecule has 0 aromatic carbocycles. The molecular weight excluding hydrogens is 296 g/mol. The Morgan fingerprint density at radius 3 is 2.39 bits per heavy atom. The topological polar surface area (TPSA) is 75.1 Å². The fourth-order valence-electron chi connectivity index (χ4n) is 3.35. The van der Waals surface area contributed by atoms with Crippen molar-refractivity contribution in [3.05, 3.63) is 23.2 Å². The van der Waals surface area contributed by atoms with Crippen LogP contribution in [0.4, 0.5) is 16.3 Å². The fraction of sp³-hybridized carbons (Fsp3) is 0.625. The normalized spacial score (nSPS) is 23.8. The summed E-state index contributed by atoms with van der Waals surface area (Å²) in [4.78, 5) is 31.0. The van der Waals surface area contributed by atoms with Crippen molar-refractivity contribution in [3.63, 3.8) is 0 Å². The first-order valence-corrected chi connectivity index (χ1v) is 7.93. The van der Waals surface area contributed by atoms with Crippen LogP contribution in [0.25, 0.3) is 0 Å². The molecule has 2 unspecified atom stereocenters. The number of pyridine rings is 1. The molecule has 2 atom stereocenters. The summed E-state index contributed by atoms with van der Waals surface area (Å²) in [6.45, 7) is 7.17. The predicted octanol–water partition coefficient (Wildman–Crippen LogP) is 3.07. The van der Waals surface area contributed by atoms with Crippen LogP contribution in [-0.2, 0) is 4.74 Å². The molecule has 2 saturated heterocycles. The van der Waals surface area contributed by atoms with Gasteiger partial charge in [-0.25, -0.2) is 9.78 Å². The number of rotatable bonds is 2. The number of amides is 1. The van der Waals surface area contributed by atoms with Crippen LogP contribution < -0.4 is 4.90 Å². The molecule has 2 fully saturated rings. The van der Waals surface area contributed by atoms with Crippen molar-refractivity contribution in [2.24, 2.45) is 5.18 Å². The van der Waals surface area contributed by atoms with E-state index in [0.717, 1.165) is 31.6 Å². The third kappa shape index (κ3) is 3.28. The van der Waals surface area contributed by atoms with Crippen molar-refractivity contribution in [3.8, 4) is 0 Å². The number of anilines is 1. The number of hydrogen-bond donors (Lipinski definition) is 0. The molecule has 124 valence electrons. The second kappa shape index (κ2) is 5.79. The largest absolute Gasteiger partial charge is 0.444 e. The van der Waals surface area contributed by atoms with Gasteiger partial charge in [-0.15, -0.1) is 4.91 Å². The van der Waals surface area contributed by atoms with Gasteiger partial charge in [-0.05, 0) is 50.9 Å². The summed E-state index contributed by atoms with van der Waals surface area (Å²) in [5, 5.41) is 2.82. The number of carbonyl (C=O) groups is 1. The molecule has 0 aliphatic carbocycles. The molecule has 0 spiro atoms. The van der Waals surface area contributed by atoms with Crippen molar-refractivity contribution in [1.29, 1.82) is 0 Å². The Morgan fingerprint density at radius 2 is 1.91 bits per heavy atom. The maximum Gasteiger partial charge on any atom is 0.410 e. The van der Waals surface area contributed by atoms with Gasteiger partial charge in [-0.1, -0.05) is 0 Å². The molecule has 23 heavy (non-hydrogen) atoms. The Kier molecular flexibility index (Phi) is 3.95. The molecule has 3 rings (SSSR count). The number of ether oxygens (including phenoxy) is 1. The van der Waals surface area contributed by atoms with Crippen molar-refractivity contribution >= 4 is 17.6 Å². The molecule has 7 nitrogen and oxygen atoms in total. The Balaban J connectivity index is 1.71. The van der Waals surface area contributed by atoms with Crippen LogP contribution >= 0.6 is 0 Å². The van der Waals surface area contributed by atoms with Gasteiger partial charge >= 0.3 is 6.09 Å². The molecule has 1 aromatic rings. The van der Waals surface area contributed by atoms with Crippen LogP contribution in [0.1, 0.15) is 33.6 Å². The number of carbonyl (C=O) groups excluding carboxylic acids is 1. The summed E-state index contributed by atoms with van der Waals surface area (Å²) in [6, 6.07) is 3.79. The van der Waals surface area contributed by atoms with Gasteiger partial charge in [0, 0.05) is 13.1 Å². The van der Waals surface area contributed by atoms with Gasteiger partial charge in [0.2, 0.25) is 0 Å². The van der Waals surface area contributed by atoms with Crippen molar-refractivity contribution in [1.82, 2.24) is 9.88 Å². The number of fused-ring (bicyclic) bond motifs is 2. The fourth-order valence-corrected chi connectivity index (χ4v) is 3.35. The van der Waals surface area contributed by atoms with Crippen LogP contribution in [0.2, 0.25) is 0 Å². The van der Waals surface area contributed by atoms with Crippen LogP contribution in [0.5, 0.6) is 0 Å². The highest BCUT2D eigenvalue weighted by atomic mass is 16.6. The molecular formula is C16H22N4O3. The third-order valence-electron chi connectivity index (χ3n) is 4.28. The highest BCUT2D eigenvalue weighted by molar-refractivity contribution is 5.70. The van der Waals surface area contributed by atoms with Crippen LogP contribution in [0.15, 0.2) is 23.5 Å². The van der Waals surface area contributed by atoms with Crippen molar-refractivity contribution in [2.45, 2.75) is 51.3 Å². The number of aromatic nitrogens is 1. The Bertz CT molecular complexity index is 582. The number of piperazine rings is 1. The van der Waals surface area contributed by atoms with E-state index >= 15 is 0 Å². The summed E-state index contributed by atoms with van der Waals surface area (Å²) < 4.78 is 5.54. The molecule has 0 saturated carbocycles. The van der Waals surface area contributed by atoms with E-state index in [1.165, 1.54) is 0 Å². The first kappa shape index (κ1) is 15.7. The van der Waals surface area contributed by atoms with Gasteiger partial charge in [0.15, 0.2) is 5.82 Å². The second-order valence-electron chi connectivity index (χ2n) is 7.14. The molecule has 7 heteroatoms. The maximum absolute atomic E-state index is 12.4. The predicted molar refractivity (Wildman–Crippen MR) is 86.8 cm³/mol. The molecule has 2 bridgehead atoms. The van der Waals surface area contributed by atoms with Gasteiger partial charge in [-0.3, -0.25) is 4.90 Å². The highest BCUT2D eigenvalue weighted by Gasteiger charge is 2.44. The molecule has 2 aliphatic heterocycles. The summed E-state index contributed by atoms with van der Waals surface area (Å²) in [6.07, 6.45) is 3.42. The van der Waals surface area contributed by atoms with Crippen molar-refractivity contribution < 1.29 is 9.53 Å². The van der Waals surface area contributed by atoms with E-state index in [0.29, 0.717) is 0 Å². The quantitative estimate of drug-likeness (QED) is 0.783. The van der Waals surface area contributed by atoms with E-state index in [-0.39, 0.29) is 24.0 Å². The average Bonchev–Trinajstić information content (AvgIpc) is 2.76. The van der Waals surface area contributed by atoms with Crippen LogP contribution in [-0.4, -0.2) is 46.8 Å². The molecule has 1 aromatic heterocycles. The van der Waals surface area contributed by atoms with Gasteiger partial charge < -0.3 is 9.64 Å². The average molecular weight is 318 g/mol. The lowest BCUT2D eigenvalue weighted by Gasteiger charge is -2.42. The van der Waals surface area contributed by atoms with Crippen molar-refractivity contribution in [2.75, 3.05) is 18.0 Å². The van der Waals surface area contributed by atoms with E-state index in [1.807, 2.05) is 31.7 Å². The second-order valence-corrected chi connectivity index (χ2v) is 7.14. The first-order valence-electron chi connectivity index (χ1n) is 7.93. The minimum absolute atomic E-state index is 0.160. The highest BCUT2D eigenvalue weighted by Crippen LogP contribution is 2.33. The van der Waals surface area contributed by atoms with E-state index in [2.05, 4.69) is 15.1 Å². The minimum Gasteiger partial charge on any atom is -0.444 e. The van der Waals surface area contributed by atoms with Crippen LogP contribution in [0.3, 0.4) is 0 Å². The van der Waals surface area contributed by atoms with Gasteiger partial charge in [0.25, 0.3) is 0 Å². The van der Waals surface area contributed by atoms with Gasteiger partial charge in [0.05, 0.1) is 24.0 Å². The SMILES string of the molecule is CC(C)(C)OC(=O)N1C2CCC1CN(c1ccc(N=O)nc1)C2. The molecule has 0 radical (unpaired) electrons. The molecule has 0 N–H and O–H groups in total. The standard InChI is InChI=1S/C16H22N4O3/c1-16(2,3)23-15(21)20-12-4-5-13(20)10-19(9-12)11-6-7-14(18-22)17-8-11/h6-8,12-13H,4-5,9-10H2,1-3H3. The van der Waals surface area contributed by atoms with E-state index in [4.69, 9.17) is 4.74 Å². The summed E-state index contributed by atoms with van der Waals surface area (Å²) in [7, 11) is 0. The van der Waals surface area contributed by atoms with Crippen LogP contribution in [0, 0.1) is 4.91 Å². The summed E-state index contributed by atoms with van der Waals surface area (Å²) >= 11 is 0. The third-order valence-corrected chi connectivity index (χ3v) is 4.28. The lowest BCUT2D eigenvalue weighted by atomic mass is 10.1. The zero-order chi connectivity index (χ0) is 16.6. The van der Waals surface area contributed by atoms with E-state index in [9.17, 15) is 9.70 Å². The summed E-state index contributed by atoms with van der Waals surface area (Å²) in [5.41, 5.74) is 0.480. The van der Waals surface area contributed by atoms with E-state index in [1.54, 1.807) is 12.3 Å². The Morgan fingerprint density at radius 1 is 1.26 bits per heavy atom.